The van der Waals surface area contributed by atoms with E-state index in [2.05, 4.69) is 10.6 Å². The number of fused-ring (bicyclic) bond motifs is 1. The summed E-state index contributed by atoms with van der Waals surface area (Å²) >= 11 is 0. The van der Waals surface area contributed by atoms with Crippen molar-refractivity contribution in [1.82, 2.24) is 15.5 Å². The maximum absolute atomic E-state index is 13.7. The van der Waals surface area contributed by atoms with Gasteiger partial charge in [0.1, 0.15) is 11.6 Å². The Balaban J connectivity index is 1.64. The van der Waals surface area contributed by atoms with E-state index in [1.54, 1.807) is 11.9 Å². The normalized spacial score (nSPS) is 32.2. The van der Waals surface area contributed by atoms with Gasteiger partial charge in [-0.25, -0.2) is 0 Å². The molecule has 2 unspecified atom stereocenters. The van der Waals surface area contributed by atoms with Crippen molar-refractivity contribution in [2.45, 2.75) is 69.2 Å². The molecule has 0 radical (unpaired) electrons. The number of likely N-dealkylation sites (tertiary alicyclic amines) is 1. The average Bonchev–Trinajstić information content (AvgIpc) is 3.44. The second-order valence-electron chi connectivity index (χ2n) is 9.47. The number of hydrogen-bond acceptors (Lipinski definition) is 5. The Hall–Kier alpha value is -2.45. The number of carbonyl (C=O) groups is 3. The summed E-state index contributed by atoms with van der Waals surface area (Å²) in [7, 11) is 1.58. The number of unbranched alkanes of at least 4 members (excludes halogenated alkanes) is 2. The molecule has 2 bridgehead atoms. The summed E-state index contributed by atoms with van der Waals surface area (Å²) in [6, 6.07) is 8.88. The topological polar surface area (TPSA) is 108 Å². The molecule has 1 spiro atoms. The van der Waals surface area contributed by atoms with Crippen LogP contribution in [0.4, 0.5) is 0 Å². The fourth-order valence-corrected chi connectivity index (χ4v) is 6.26. The lowest BCUT2D eigenvalue weighted by Crippen LogP contribution is -2.55. The summed E-state index contributed by atoms with van der Waals surface area (Å²) in [5.74, 6) is -1.84. The van der Waals surface area contributed by atoms with Gasteiger partial charge in [-0.15, -0.1) is 0 Å². The van der Waals surface area contributed by atoms with E-state index < -0.39 is 29.1 Å². The van der Waals surface area contributed by atoms with E-state index in [-0.39, 0.29) is 24.3 Å². The van der Waals surface area contributed by atoms with Gasteiger partial charge in [0.15, 0.2) is 0 Å². The van der Waals surface area contributed by atoms with Crippen molar-refractivity contribution in [1.29, 1.82) is 0 Å². The summed E-state index contributed by atoms with van der Waals surface area (Å²) in [5, 5.41) is 14.9. The molecule has 3 amide bonds. The van der Waals surface area contributed by atoms with Crippen LogP contribution in [0.5, 0.6) is 0 Å². The molecule has 1 aromatic carbocycles. The maximum atomic E-state index is 13.7. The summed E-state index contributed by atoms with van der Waals surface area (Å²) < 4.78 is 6.65. The molecular formula is C25H35N3O5. The molecule has 0 aromatic heterocycles. The number of aliphatic hydroxyl groups excluding tert-OH is 1. The molecule has 5 atom stereocenters. The van der Waals surface area contributed by atoms with Gasteiger partial charge in [0, 0.05) is 26.7 Å². The monoisotopic (exact) mass is 457 g/mol. The molecule has 4 rings (SSSR count). The molecule has 3 saturated heterocycles. The lowest BCUT2D eigenvalue weighted by atomic mass is 9.65. The van der Waals surface area contributed by atoms with Crippen molar-refractivity contribution >= 4 is 17.7 Å². The zero-order chi connectivity index (χ0) is 23.6. The van der Waals surface area contributed by atoms with Crippen LogP contribution in [0.1, 0.15) is 51.0 Å². The van der Waals surface area contributed by atoms with E-state index in [0.29, 0.717) is 45.2 Å². The van der Waals surface area contributed by atoms with Gasteiger partial charge in [-0.2, -0.15) is 0 Å². The van der Waals surface area contributed by atoms with Crippen LogP contribution in [-0.2, 0) is 25.7 Å². The summed E-state index contributed by atoms with van der Waals surface area (Å²) in [5.41, 5.74) is -0.716. The highest BCUT2D eigenvalue weighted by molar-refractivity contribution is 5.99. The van der Waals surface area contributed by atoms with E-state index in [0.717, 1.165) is 12.0 Å². The fraction of sp³-hybridized carbons (Fsp3) is 0.640. The molecule has 33 heavy (non-hydrogen) atoms. The van der Waals surface area contributed by atoms with Crippen molar-refractivity contribution in [3.05, 3.63) is 35.9 Å². The Kier molecular flexibility index (Phi) is 6.77. The van der Waals surface area contributed by atoms with Gasteiger partial charge in [0.2, 0.25) is 17.7 Å². The van der Waals surface area contributed by atoms with E-state index >= 15 is 0 Å². The number of benzene rings is 1. The van der Waals surface area contributed by atoms with Crippen LogP contribution >= 0.6 is 0 Å². The van der Waals surface area contributed by atoms with Crippen molar-refractivity contribution in [3.8, 4) is 0 Å². The third-order valence-electron chi connectivity index (χ3n) is 7.82. The van der Waals surface area contributed by atoms with E-state index in [1.807, 2.05) is 37.3 Å². The summed E-state index contributed by atoms with van der Waals surface area (Å²) in [6.45, 7) is 2.85. The number of carbonyl (C=O) groups excluding carboxylic acids is 3. The van der Waals surface area contributed by atoms with Crippen molar-refractivity contribution in [3.63, 3.8) is 0 Å². The second-order valence-corrected chi connectivity index (χ2v) is 9.47. The number of aliphatic hydroxyl groups is 1. The average molecular weight is 458 g/mol. The van der Waals surface area contributed by atoms with Crippen LogP contribution in [-0.4, -0.2) is 65.2 Å². The Labute approximate surface area is 195 Å². The van der Waals surface area contributed by atoms with Gasteiger partial charge in [0.25, 0.3) is 0 Å². The Morgan fingerprint density at radius 1 is 1.15 bits per heavy atom. The molecule has 8 heteroatoms. The first kappa shape index (κ1) is 23.7. The zero-order valence-corrected chi connectivity index (χ0v) is 19.5. The minimum absolute atomic E-state index is 0.0996. The zero-order valence-electron chi connectivity index (χ0n) is 19.5. The molecule has 3 aliphatic rings. The highest BCUT2D eigenvalue weighted by Gasteiger charge is 2.78. The first-order valence-corrected chi connectivity index (χ1v) is 12.1. The quantitative estimate of drug-likeness (QED) is 0.460. The van der Waals surface area contributed by atoms with Crippen molar-refractivity contribution in [2.24, 2.45) is 11.8 Å². The van der Waals surface area contributed by atoms with E-state index in [1.165, 1.54) is 0 Å². The number of amides is 3. The molecule has 3 N–H and O–H groups in total. The van der Waals surface area contributed by atoms with Gasteiger partial charge in [0.05, 0.1) is 17.4 Å². The Bertz CT molecular complexity index is 893. The van der Waals surface area contributed by atoms with Gasteiger partial charge < -0.3 is 25.4 Å². The van der Waals surface area contributed by atoms with Crippen LogP contribution in [0, 0.1) is 11.8 Å². The van der Waals surface area contributed by atoms with E-state index in [9.17, 15) is 14.4 Å². The van der Waals surface area contributed by atoms with Gasteiger partial charge in [-0.05, 0) is 44.1 Å². The predicted octanol–water partition coefficient (Wildman–Crippen LogP) is 1.37. The first-order valence-electron chi connectivity index (χ1n) is 12.1. The molecule has 8 nitrogen and oxygen atoms in total. The van der Waals surface area contributed by atoms with Gasteiger partial charge in [-0.3, -0.25) is 14.4 Å². The molecule has 180 valence electrons. The van der Waals surface area contributed by atoms with Crippen molar-refractivity contribution < 1.29 is 24.2 Å². The van der Waals surface area contributed by atoms with Crippen LogP contribution in [0.2, 0.25) is 0 Å². The summed E-state index contributed by atoms with van der Waals surface area (Å²) in [6.07, 6.45) is 3.95. The Morgan fingerprint density at radius 3 is 2.58 bits per heavy atom. The highest BCUT2D eigenvalue weighted by atomic mass is 16.5. The third kappa shape index (κ3) is 3.83. The minimum Gasteiger partial charge on any atom is -0.396 e. The molecule has 3 heterocycles. The molecule has 0 saturated carbocycles. The molecule has 3 aliphatic heterocycles. The van der Waals surface area contributed by atoms with Crippen LogP contribution < -0.4 is 10.6 Å². The Morgan fingerprint density at radius 2 is 1.91 bits per heavy atom. The second kappa shape index (κ2) is 9.43. The predicted molar refractivity (Wildman–Crippen MR) is 122 cm³/mol. The maximum Gasteiger partial charge on any atom is 0.246 e. The van der Waals surface area contributed by atoms with Gasteiger partial charge >= 0.3 is 0 Å². The smallest absolute Gasteiger partial charge is 0.246 e. The first-order chi connectivity index (χ1) is 15.9. The van der Waals surface area contributed by atoms with Crippen LogP contribution in [0.25, 0.3) is 0 Å². The number of nitrogens with zero attached hydrogens (tertiary/aromatic N) is 1. The lowest BCUT2D eigenvalue weighted by molar-refractivity contribution is -0.147. The third-order valence-corrected chi connectivity index (χ3v) is 7.82. The van der Waals surface area contributed by atoms with Crippen molar-refractivity contribution in [2.75, 3.05) is 20.2 Å². The summed E-state index contributed by atoms with van der Waals surface area (Å²) in [4.78, 5) is 41.9. The fourth-order valence-electron chi connectivity index (χ4n) is 6.26. The number of hydrogen-bond donors (Lipinski definition) is 3. The van der Waals surface area contributed by atoms with Crippen LogP contribution in [0.15, 0.2) is 30.3 Å². The standard InChI is InChI=1S/C25H35N3O5/c1-3-24-12-13-25(33-24)19(18(24)21(30)26-2)23(32)28(14-8-5-9-15-29)20(25)22(31)27-16-17-10-6-4-7-11-17/h4,6-7,10-11,18-20,29H,3,5,8-9,12-16H2,1-2H3,(H,26,30)(H,27,31)/t18-,19-,20?,24+,25?/m0/s1. The molecule has 1 aromatic rings. The number of ether oxygens (including phenoxy) is 1. The van der Waals surface area contributed by atoms with Gasteiger partial charge in [-0.1, -0.05) is 37.3 Å². The molecule has 0 aliphatic carbocycles. The van der Waals surface area contributed by atoms with E-state index in [4.69, 9.17) is 9.84 Å². The largest absolute Gasteiger partial charge is 0.396 e. The van der Waals surface area contributed by atoms with Crippen LogP contribution in [0.3, 0.4) is 0 Å². The SMILES string of the molecule is CC[C@]12CCC3(O1)C(C(=O)NCc1ccccc1)N(CCCCCO)C(=O)[C@@H]3[C@H]2C(=O)NC. The molecular weight excluding hydrogens is 422 g/mol. The number of nitrogens with one attached hydrogen (secondary N) is 2. The minimum atomic E-state index is -0.984. The highest BCUT2D eigenvalue weighted by Crippen LogP contribution is 2.64. The lowest BCUT2D eigenvalue weighted by Gasteiger charge is -2.33. The number of rotatable bonds is 10. The molecule has 3 fully saturated rings.